The second-order valence-electron chi connectivity index (χ2n) is 4.62. The Balaban J connectivity index is 2.67. The van der Waals surface area contributed by atoms with Crippen LogP contribution in [0, 0.1) is 6.92 Å². The van der Waals surface area contributed by atoms with E-state index in [9.17, 15) is 18.3 Å². The van der Waals surface area contributed by atoms with E-state index in [1.54, 1.807) is 23.9 Å². The Labute approximate surface area is 122 Å². The van der Waals surface area contributed by atoms with E-state index in [2.05, 4.69) is 4.98 Å². The second kappa shape index (κ2) is 5.30. The zero-order valence-corrected chi connectivity index (χ0v) is 12.6. The first-order chi connectivity index (χ1) is 9.75. The Morgan fingerprint density at radius 3 is 2.48 bits per heavy atom. The number of imidazole rings is 1. The Bertz CT molecular complexity index is 793. The van der Waals surface area contributed by atoms with E-state index in [1.807, 2.05) is 0 Å². The third-order valence-electron chi connectivity index (χ3n) is 3.06. The SMILES string of the molecule is Cc1nccn1-c1ccc(S(=O)(=O)N(C)C)cc1C(=O)O. The maximum absolute atomic E-state index is 12.1. The van der Waals surface area contributed by atoms with Gasteiger partial charge in [-0.1, -0.05) is 0 Å². The van der Waals surface area contributed by atoms with Crippen molar-refractivity contribution < 1.29 is 18.3 Å². The lowest BCUT2D eigenvalue weighted by atomic mass is 10.1. The summed E-state index contributed by atoms with van der Waals surface area (Å²) in [6.07, 6.45) is 3.17. The molecule has 7 nitrogen and oxygen atoms in total. The molecule has 0 bridgehead atoms. The van der Waals surface area contributed by atoms with Crippen molar-refractivity contribution in [3.63, 3.8) is 0 Å². The van der Waals surface area contributed by atoms with E-state index < -0.39 is 16.0 Å². The van der Waals surface area contributed by atoms with Gasteiger partial charge in [0, 0.05) is 26.5 Å². The number of benzene rings is 1. The average molecular weight is 309 g/mol. The molecule has 21 heavy (non-hydrogen) atoms. The van der Waals surface area contributed by atoms with Crippen molar-refractivity contribution in [3.05, 3.63) is 42.0 Å². The van der Waals surface area contributed by atoms with E-state index in [4.69, 9.17) is 0 Å². The molecule has 0 atom stereocenters. The van der Waals surface area contributed by atoms with Crippen molar-refractivity contribution in [1.82, 2.24) is 13.9 Å². The van der Waals surface area contributed by atoms with Gasteiger partial charge in [0.25, 0.3) is 0 Å². The highest BCUT2D eigenvalue weighted by Crippen LogP contribution is 2.22. The van der Waals surface area contributed by atoms with Crippen molar-refractivity contribution in [2.24, 2.45) is 0 Å². The van der Waals surface area contributed by atoms with E-state index in [0.717, 1.165) is 10.4 Å². The van der Waals surface area contributed by atoms with Crippen LogP contribution >= 0.6 is 0 Å². The molecule has 0 aliphatic rings. The Morgan fingerprint density at radius 2 is 2.00 bits per heavy atom. The monoisotopic (exact) mass is 309 g/mol. The Hall–Kier alpha value is -2.19. The van der Waals surface area contributed by atoms with E-state index in [-0.39, 0.29) is 10.5 Å². The smallest absolute Gasteiger partial charge is 0.337 e. The molecule has 8 heteroatoms. The maximum Gasteiger partial charge on any atom is 0.337 e. The molecule has 0 saturated heterocycles. The summed E-state index contributed by atoms with van der Waals surface area (Å²) in [7, 11) is -0.898. The number of aromatic carboxylic acids is 1. The van der Waals surface area contributed by atoms with Crippen LogP contribution in [0.1, 0.15) is 16.2 Å². The lowest BCUT2D eigenvalue weighted by molar-refractivity contribution is 0.0696. The van der Waals surface area contributed by atoms with Crippen LogP contribution in [0.5, 0.6) is 0 Å². The van der Waals surface area contributed by atoms with Crippen LogP contribution in [0.3, 0.4) is 0 Å². The molecule has 1 N–H and O–H groups in total. The molecule has 112 valence electrons. The van der Waals surface area contributed by atoms with Gasteiger partial charge in [-0.15, -0.1) is 0 Å². The van der Waals surface area contributed by atoms with Crippen LogP contribution < -0.4 is 0 Å². The maximum atomic E-state index is 12.1. The topological polar surface area (TPSA) is 92.5 Å². The number of nitrogens with zero attached hydrogens (tertiary/aromatic N) is 3. The zero-order valence-electron chi connectivity index (χ0n) is 11.8. The number of carboxylic acids is 1. The van der Waals surface area contributed by atoms with Crippen molar-refractivity contribution in [1.29, 1.82) is 0 Å². The highest BCUT2D eigenvalue weighted by atomic mass is 32.2. The van der Waals surface area contributed by atoms with Gasteiger partial charge in [-0.25, -0.2) is 22.5 Å². The molecule has 0 radical (unpaired) electrons. The van der Waals surface area contributed by atoms with Gasteiger partial charge in [0.05, 0.1) is 16.1 Å². The van der Waals surface area contributed by atoms with Gasteiger partial charge < -0.3 is 9.67 Å². The zero-order chi connectivity index (χ0) is 15.8. The number of aromatic nitrogens is 2. The number of hydrogen-bond acceptors (Lipinski definition) is 4. The summed E-state index contributed by atoms with van der Waals surface area (Å²) in [5.74, 6) is -0.588. The minimum atomic E-state index is -3.68. The fourth-order valence-electron chi connectivity index (χ4n) is 1.90. The molecule has 1 aromatic heterocycles. The molecule has 0 aliphatic heterocycles. The van der Waals surface area contributed by atoms with E-state index in [1.165, 1.54) is 26.2 Å². The van der Waals surface area contributed by atoms with Gasteiger partial charge >= 0.3 is 5.97 Å². The third-order valence-corrected chi connectivity index (χ3v) is 4.87. The highest BCUT2D eigenvalue weighted by Gasteiger charge is 2.21. The minimum Gasteiger partial charge on any atom is -0.478 e. The van der Waals surface area contributed by atoms with Crippen LogP contribution in [0.4, 0.5) is 0 Å². The van der Waals surface area contributed by atoms with E-state index in [0.29, 0.717) is 11.5 Å². The summed E-state index contributed by atoms with van der Waals surface area (Å²) in [6.45, 7) is 1.73. The molecule has 0 fully saturated rings. The quantitative estimate of drug-likeness (QED) is 0.914. The molecule has 2 aromatic rings. The number of aryl methyl sites for hydroxylation is 1. The van der Waals surface area contributed by atoms with Crippen LogP contribution in [0.15, 0.2) is 35.5 Å². The molecule has 0 saturated carbocycles. The lowest BCUT2D eigenvalue weighted by Crippen LogP contribution is -2.22. The fraction of sp³-hybridized carbons (Fsp3) is 0.231. The number of hydrogen-bond donors (Lipinski definition) is 1. The number of sulfonamides is 1. The van der Waals surface area contributed by atoms with Crippen LogP contribution in [0.2, 0.25) is 0 Å². The predicted molar refractivity (Wildman–Crippen MR) is 76.1 cm³/mol. The standard InChI is InChI=1S/C13H15N3O4S/c1-9-14-6-7-16(9)12-5-4-10(8-11(12)13(17)18)21(19,20)15(2)3/h4-8H,1-3H3,(H,17,18). The van der Waals surface area contributed by atoms with Crippen molar-refractivity contribution in [2.75, 3.05) is 14.1 Å². The minimum absolute atomic E-state index is 0.0635. The molecule has 0 unspecified atom stereocenters. The predicted octanol–water partition coefficient (Wildman–Crippen LogP) is 1.13. The van der Waals surface area contributed by atoms with Crippen LogP contribution in [-0.4, -0.2) is 47.4 Å². The summed E-state index contributed by atoms with van der Waals surface area (Å²) in [4.78, 5) is 15.4. The average Bonchev–Trinajstić information content (AvgIpc) is 2.83. The number of carboxylic acid groups (broad SMARTS) is 1. The third kappa shape index (κ3) is 2.67. The summed E-state index contributed by atoms with van der Waals surface area (Å²) in [5, 5.41) is 9.34. The van der Waals surface area contributed by atoms with Gasteiger partial charge in [-0.05, 0) is 25.1 Å². The first-order valence-corrected chi connectivity index (χ1v) is 7.49. The van der Waals surface area contributed by atoms with Gasteiger partial charge in [0.1, 0.15) is 5.82 Å². The molecule has 0 aliphatic carbocycles. The van der Waals surface area contributed by atoms with Crippen molar-refractivity contribution in [2.45, 2.75) is 11.8 Å². The summed E-state index contributed by atoms with van der Waals surface area (Å²) < 4.78 is 26.8. The summed E-state index contributed by atoms with van der Waals surface area (Å²) >= 11 is 0. The number of rotatable bonds is 4. The lowest BCUT2D eigenvalue weighted by Gasteiger charge is -2.14. The van der Waals surface area contributed by atoms with Crippen molar-refractivity contribution >= 4 is 16.0 Å². The van der Waals surface area contributed by atoms with Gasteiger partial charge in [-0.3, -0.25) is 0 Å². The summed E-state index contributed by atoms with van der Waals surface area (Å²) in [6, 6.07) is 4.01. The molecule has 1 heterocycles. The van der Waals surface area contributed by atoms with Crippen molar-refractivity contribution in [3.8, 4) is 5.69 Å². The molecule has 0 amide bonds. The van der Waals surface area contributed by atoms with Gasteiger partial charge in [-0.2, -0.15) is 0 Å². The molecule has 0 spiro atoms. The first kappa shape index (κ1) is 15.2. The van der Waals surface area contributed by atoms with Gasteiger partial charge in [0.2, 0.25) is 10.0 Å². The molecule has 1 aromatic carbocycles. The Morgan fingerprint density at radius 1 is 1.33 bits per heavy atom. The van der Waals surface area contributed by atoms with Crippen LogP contribution in [-0.2, 0) is 10.0 Å². The fourth-order valence-corrected chi connectivity index (χ4v) is 2.83. The first-order valence-electron chi connectivity index (χ1n) is 6.05. The largest absolute Gasteiger partial charge is 0.478 e. The van der Waals surface area contributed by atoms with E-state index >= 15 is 0 Å². The molecular formula is C13H15N3O4S. The van der Waals surface area contributed by atoms with Gasteiger partial charge in [0.15, 0.2) is 0 Å². The molecule has 2 rings (SSSR count). The van der Waals surface area contributed by atoms with Crippen LogP contribution in [0.25, 0.3) is 5.69 Å². The highest BCUT2D eigenvalue weighted by molar-refractivity contribution is 7.89. The summed E-state index contributed by atoms with van der Waals surface area (Å²) in [5.41, 5.74) is 0.272. The normalized spacial score (nSPS) is 11.8. The number of carbonyl (C=O) groups is 1. The molecular weight excluding hydrogens is 294 g/mol. The Kier molecular flexibility index (Phi) is 3.84. The second-order valence-corrected chi connectivity index (χ2v) is 6.77.